The highest BCUT2D eigenvalue weighted by molar-refractivity contribution is 8.01. The van der Waals surface area contributed by atoms with Crippen LogP contribution in [0.4, 0.5) is 19.6 Å². The van der Waals surface area contributed by atoms with Crippen LogP contribution in [-0.2, 0) is 11.3 Å². The third-order valence-corrected chi connectivity index (χ3v) is 5.40. The van der Waals surface area contributed by atoms with Gasteiger partial charge in [0.1, 0.15) is 5.75 Å². The van der Waals surface area contributed by atoms with Gasteiger partial charge in [-0.25, -0.2) is 0 Å². The lowest BCUT2D eigenvalue weighted by molar-refractivity contribution is -0.113. The Bertz CT molecular complexity index is 892. The van der Waals surface area contributed by atoms with Gasteiger partial charge in [-0.15, -0.1) is 10.2 Å². The summed E-state index contributed by atoms with van der Waals surface area (Å²) in [4.78, 5) is 12.0. The van der Waals surface area contributed by atoms with Crippen LogP contribution in [-0.4, -0.2) is 28.5 Å². The van der Waals surface area contributed by atoms with Crippen LogP contribution >= 0.6 is 23.1 Å². The van der Waals surface area contributed by atoms with E-state index >= 15 is 0 Å². The van der Waals surface area contributed by atoms with Gasteiger partial charge >= 0.3 is 6.61 Å². The first-order chi connectivity index (χ1) is 13.6. The van der Waals surface area contributed by atoms with Crippen molar-refractivity contribution >= 4 is 39.8 Å². The van der Waals surface area contributed by atoms with E-state index < -0.39 is 6.61 Å². The Balaban J connectivity index is 1.42. The second kappa shape index (κ2) is 10.00. The van der Waals surface area contributed by atoms with E-state index in [0.29, 0.717) is 21.7 Å². The molecule has 0 aliphatic heterocycles. The van der Waals surface area contributed by atoms with Gasteiger partial charge in [0.05, 0.1) is 5.75 Å². The molecule has 0 spiro atoms. The maximum Gasteiger partial charge on any atom is 0.387 e. The van der Waals surface area contributed by atoms with Gasteiger partial charge in [-0.3, -0.25) is 4.79 Å². The van der Waals surface area contributed by atoms with Crippen molar-refractivity contribution in [1.29, 1.82) is 0 Å². The van der Waals surface area contributed by atoms with Crippen LogP contribution in [0, 0.1) is 0 Å². The molecule has 0 saturated heterocycles. The molecule has 0 radical (unpaired) electrons. The van der Waals surface area contributed by atoms with E-state index in [4.69, 9.17) is 0 Å². The standard InChI is InChI=1S/C18H16F2N4O2S2/c19-16(20)26-14-8-6-13(7-9-14)22-15(25)11-27-18-24-23-17(28-18)21-10-12-4-2-1-3-5-12/h1-9,16H,10-11H2,(H,21,23)(H,22,25). The summed E-state index contributed by atoms with van der Waals surface area (Å²) in [6, 6.07) is 15.6. The molecule has 1 amide bonds. The van der Waals surface area contributed by atoms with Crippen molar-refractivity contribution in [2.45, 2.75) is 17.5 Å². The van der Waals surface area contributed by atoms with Crippen molar-refractivity contribution < 1.29 is 18.3 Å². The first-order valence-corrected chi connectivity index (χ1v) is 9.97. The lowest BCUT2D eigenvalue weighted by Crippen LogP contribution is -2.13. The molecule has 2 N–H and O–H groups in total. The lowest BCUT2D eigenvalue weighted by atomic mass is 10.2. The monoisotopic (exact) mass is 422 g/mol. The van der Waals surface area contributed by atoms with Gasteiger partial charge in [0, 0.05) is 12.2 Å². The Kier molecular flexibility index (Phi) is 7.15. The molecule has 1 heterocycles. The number of carbonyl (C=O) groups is 1. The Labute approximate surface area is 168 Å². The van der Waals surface area contributed by atoms with E-state index in [9.17, 15) is 13.6 Å². The highest BCUT2D eigenvalue weighted by atomic mass is 32.2. The number of ether oxygens (including phenoxy) is 1. The molecular weight excluding hydrogens is 406 g/mol. The Morgan fingerprint density at radius 1 is 1.11 bits per heavy atom. The van der Waals surface area contributed by atoms with Crippen LogP contribution in [0.15, 0.2) is 58.9 Å². The molecule has 0 unspecified atom stereocenters. The molecule has 0 aliphatic rings. The zero-order valence-corrected chi connectivity index (χ0v) is 16.1. The number of hydrogen-bond donors (Lipinski definition) is 2. The smallest absolute Gasteiger partial charge is 0.387 e. The summed E-state index contributed by atoms with van der Waals surface area (Å²) in [7, 11) is 0. The van der Waals surface area contributed by atoms with Gasteiger partial charge in [0.2, 0.25) is 11.0 Å². The van der Waals surface area contributed by atoms with Crippen molar-refractivity contribution in [1.82, 2.24) is 10.2 Å². The number of carbonyl (C=O) groups excluding carboxylic acids is 1. The molecule has 28 heavy (non-hydrogen) atoms. The Morgan fingerprint density at radius 3 is 2.57 bits per heavy atom. The lowest BCUT2D eigenvalue weighted by Gasteiger charge is -2.07. The van der Waals surface area contributed by atoms with Gasteiger partial charge in [-0.1, -0.05) is 53.4 Å². The van der Waals surface area contributed by atoms with E-state index in [-0.39, 0.29) is 17.4 Å². The topological polar surface area (TPSA) is 76.1 Å². The fraction of sp³-hybridized carbons (Fsp3) is 0.167. The van der Waals surface area contributed by atoms with Gasteiger partial charge in [-0.2, -0.15) is 8.78 Å². The van der Waals surface area contributed by atoms with Crippen molar-refractivity contribution in [3.63, 3.8) is 0 Å². The third kappa shape index (κ3) is 6.46. The SMILES string of the molecule is O=C(CSc1nnc(NCc2ccccc2)s1)Nc1ccc(OC(F)F)cc1. The molecule has 2 aromatic carbocycles. The normalized spacial score (nSPS) is 10.7. The largest absolute Gasteiger partial charge is 0.435 e. The van der Waals surface area contributed by atoms with Crippen LogP contribution in [0.3, 0.4) is 0 Å². The molecular formula is C18H16F2N4O2S2. The van der Waals surface area contributed by atoms with Crippen LogP contribution in [0.5, 0.6) is 5.75 Å². The van der Waals surface area contributed by atoms with Crippen molar-refractivity contribution in [2.24, 2.45) is 0 Å². The van der Waals surface area contributed by atoms with Crippen LogP contribution in [0.2, 0.25) is 0 Å². The number of rotatable bonds is 9. The molecule has 10 heteroatoms. The predicted molar refractivity (Wildman–Crippen MR) is 106 cm³/mol. The number of anilines is 2. The van der Waals surface area contributed by atoms with E-state index in [1.54, 1.807) is 0 Å². The summed E-state index contributed by atoms with van der Waals surface area (Å²) in [6.45, 7) is -2.23. The number of alkyl halides is 2. The summed E-state index contributed by atoms with van der Waals surface area (Å²) in [5.41, 5.74) is 1.63. The highest BCUT2D eigenvalue weighted by Crippen LogP contribution is 2.26. The second-order valence-electron chi connectivity index (χ2n) is 5.45. The minimum Gasteiger partial charge on any atom is -0.435 e. The van der Waals surface area contributed by atoms with Crippen molar-refractivity contribution in [2.75, 3.05) is 16.4 Å². The molecule has 146 valence electrons. The number of aromatic nitrogens is 2. The molecule has 0 bridgehead atoms. The zero-order valence-electron chi connectivity index (χ0n) is 14.5. The number of halogens is 2. The molecule has 3 aromatic rings. The molecule has 1 aromatic heterocycles. The van der Waals surface area contributed by atoms with Crippen molar-refractivity contribution in [3.8, 4) is 5.75 Å². The molecule has 3 rings (SSSR count). The van der Waals surface area contributed by atoms with E-state index in [2.05, 4.69) is 25.6 Å². The maximum atomic E-state index is 12.1. The van der Waals surface area contributed by atoms with E-state index in [1.807, 2.05) is 30.3 Å². The van der Waals surface area contributed by atoms with Crippen LogP contribution < -0.4 is 15.4 Å². The average Bonchev–Trinajstić information content (AvgIpc) is 3.15. The first kappa shape index (κ1) is 20.0. The summed E-state index contributed by atoms with van der Waals surface area (Å²) >= 11 is 2.64. The number of thioether (sulfide) groups is 1. The number of amides is 1. The molecule has 0 aliphatic carbocycles. The third-order valence-electron chi connectivity index (χ3n) is 3.38. The van der Waals surface area contributed by atoms with Gasteiger partial charge in [-0.05, 0) is 29.8 Å². The molecule has 0 atom stereocenters. The highest BCUT2D eigenvalue weighted by Gasteiger charge is 2.09. The molecule has 6 nitrogen and oxygen atoms in total. The fourth-order valence-corrected chi connectivity index (χ4v) is 3.70. The van der Waals surface area contributed by atoms with Crippen molar-refractivity contribution in [3.05, 3.63) is 60.2 Å². The number of nitrogens with one attached hydrogen (secondary N) is 2. The Morgan fingerprint density at radius 2 is 1.86 bits per heavy atom. The zero-order chi connectivity index (χ0) is 19.8. The minimum atomic E-state index is -2.88. The summed E-state index contributed by atoms with van der Waals surface area (Å²) < 4.78 is 29.2. The number of benzene rings is 2. The average molecular weight is 422 g/mol. The molecule has 0 saturated carbocycles. The first-order valence-electron chi connectivity index (χ1n) is 8.17. The van der Waals surface area contributed by atoms with E-state index in [0.717, 1.165) is 5.56 Å². The predicted octanol–water partition coefficient (Wildman–Crippen LogP) is 4.48. The molecule has 0 fully saturated rings. The number of hydrogen-bond acceptors (Lipinski definition) is 7. The maximum absolute atomic E-state index is 12.1. The van der Waals surface area contributed by atoms with Crippen LogP contribution in [0.1, 0.15) is 5.56 Å². The fourth-order valence-electron chi connectivity index (χ4n) is 2.16. The van der Waals surface area contributed by atoms with Gasteiger partial charge in [0.15, 0.2) is 4.34 Å². The summed E-state index contributed by atoms with van der Waals surface area (Å²) in [6.07, 6.45) is 0. The second-order valence-corrected chi connectivity index (χ2v) is 7.65. The Hall–Kier alpha value is -2.72. The van der Waals surface area contributed by atoms with E-state index in [1.165, 1.54) is 47.4 Å². The quantitative estimate of drug-likeness (QED) is 0.495. The van der Waals surface area contributed by atoms with Gasteiger partial charge < -0.3 is 15.4 Å². The number of nitrogens with zero attached hydrogens (tertiary/aromatic N) is 2. The van der Waals surface area contributed by atoms with Gasteiger partial charge in [0.25, 0.3) is 0 Å². The minimum absolute atomic E-state index is 0.0340. The van der Waals surface area contributed by atoms with Crippen LogP contribution in [0.25, 0.3) is 0 Å². The summed E-state index contributed by atoms with van der Waals surface area (Å²) in [5.74, 6) is -0.0453. The summed E-state index contributed by atoms with van der Waals surface area (Å²) in [5, 5.41) is 14.7.